The second kappa shape index (κ2) is 9.07. The van der Waals surface area contributed by atoms with E-state index >= 15 is 0 Å². The van der Waals surface area contributed by atoms with E-state index in [0.717, 1.165) is 25.8 Å². The van der Waals surface area contributed by atoms with Crippen molar-refractivity contribution in [1.82, 2.24) is 9.88 Å². The Balaban J connectivity index is 1.83. The Morgan fingerprint density at radius 3 is 2.86 bits per heavy atom. The molecule has 8 heteroatoms. The molecule has 1 atom stereocenters. The number of likely N-dealkylation sites (tertiary alicyclic amines) is 1. The normalized spacial score (nSPS) is 17.5. The largest absolute Gasteiger partial charge is 0.497 e. The number of hydrogen-bond acceptors (Lipinski definition) is 6. The van der Waals surface area contributed by atoms with Gasteiger partial charge in [0.25, 0.3) is 0 Å². The standard InChI is InChI=1S/C20H27N3O5/c1-27-14-6-7-15-16(11-14)21-19(20(26)28-2)18(15)22-17(25)12-23-9-4-3-5-13(23)8-10-24/h6-7,11,13,21,24H,3-5,8-10,12H2,1-2H3,(H,22,25). The van der Waals surface area contributed by atoms with Crippen LogP contribution in [0.15, 0.2) is 18.2 Å². The molecule has 3 rings (SSSR count). The number of carbonyl (C=O) groups is 2. The van der Waals surface area contributed by atoms with Gasteiger partial charge in [0, 0.05) is 24.1 Å². The maximum Gasteiger partial charge on any atom is 0.356 e. The Bertz CT molecular complexity index is 846. The van der Waals surface area contributed by atoms with E-state index in [9.17, 15) is 14.7 Å². The highest BCUT2D eigenvalue weighted by Gasteiger charge is 2.26. The van der Waals surface area contributed by atoms with Crippen molar-refractivity contribution in [2.24, 2.45) is 0 Å². The molecule has 2 aromatic rings. The first-order chi connectivity index (χ1) is 13.6. The van der Waals surface area contributed by atoms with Gasteiger partial charge >= 0.3 is 5.97 Å². The molecule has 0 spiro atoms. The Morgan fingerprint density at radius 1 is 1.32 bits per heavy atom. The highest BCUT2D eigenvalue weighted by Crippen LogP contribution is 2.31. The van der Waals surface area contributed by atoms with Crippen LogP contribution in [-0.4, -0.2) is 66.8 Å². The zero-order chi connectivity index (χ0) is 20.1. The van der Waals surface area contributed by atoms with Crippen LogP contribution in [0, 0.1) is 0 Å². The van der Waals surface area contributed by atoms with Crippen molar-refractivity contribution in [3.63, 3.8) is 0 Å². The highest BCUT2D eigenvalue weighted by atomic mass is 16.5. The number of esters is 1. The van der Waals surface area contributed by atoms with Gasteiger partial charge in [0.2, 0.25) is 5.91 Å². The van der Waals surface area contributed by atoms with Crippen LogP contribution in [0.4, 0.5) is 5.69 Å². The van der Waals surface area contributed by atoms with E-state index in [1.807, 2.05) is 0 Å². The van der Waals surface area contributed by atoms with Crippen molar-refractivity contribution in [2.45, 2.75) is 31.7 Å². The molecule has 1 aromatic heterocycles. The van der Waals surface area contributed by atoms with Crippen molar-refractivity contribution < 1.29 is 24.2 Å². The van der Waals surface area contributed by atoms with Gasteiger partial charge in [-0.1, -0.05) is 6.42 Å². The maximum absolute atomic E-state index is 12.8. The average molecular weight is 389 g/mol. The summed E-state index contributed by atoms with van der Waals surface area (Å²) in [6.45, 7) is 1.15. The Hall–Kier alpha value is -2.58. The predicted molar refractivity (Wildman–Crippen MR) is 106 cm³/mol. The molecule has 3 N–H and O–H groups in total. The van der Waals surface area contributed by atoms with Crippen LogP contribution in [0.1, 0.15) is 36.2 Å². The molecule has 2 heterocycles. The van der Waals surface area contributed by atoms with Crippen molar-refractivity contribution >= 4 is 28.5 Å². The first-order valence-corrected chi connectivity index (χ1v) is 9.50. The number of fused-ring (bicyclic) bond motifs is 1. The number of aromatic amines is 1. The molecule has 0 saturated carbocycles. The Morgan fingerprint density at radius 2 is 2.14 bits per heavy atom. The quantitative estimate of drug-likeness (QED) is 0.627. The molecule has 28 heavy (non-hydrogen) atoms. The summed E-state index contributed by atoms with van der Waals surface area (Å²) >= 11 is 0. The molecule has 152 valence electrons. The minimum absolute atomic E-state index is 0.111. The van der Waals surface area contributed by atoms with E-state index in [2.05, 4.69) is 15.2 Å². The number of rotatable bonds is 7. The smallest absolute Gasteiger partial charge is 0.356 e. The van der Waals surface area contributed by atoms with Crippen LogP contribution in [0.25, 0.3) is 10.9 Å². The number of anilines is 1. The Kier molecular flexibility index (Phi) is 6.53. The predicted octanol–water partition coefficient (Wildman–Crippen LogP) is 2.14. The van der Waals surface area contributed by atoms with Gasteiger partial charge in [0.05, 0.1) is 32.0 Å². The molecule has 1 aliphatic heterocycles. The number of H-pyrrole nitrogens is 1. The number of benzene rings is 1. The number of nitrogens with one attached hydrogen (secondary N) is 2. The molecule has 0 radical (unpaired) electrons. The minimum Gasteiger partial charge on any atom is -0.497 e. The van der Waals surface area contributed by atoms with Crippen molar-refractivity contribution in [2.75, 3.05) is 39.2 Å². The number of aliphatic hydroxyl groups is 1. The summed E-state index contributed by atoms with van der Waals surface area (Å²) < 4.78 is 10.1. The monoisotopic (exact) mass is 389 g/mol. The van der Waals surface area contributed by atoms with Crippen LogP contribution in [0.5, 0.6) is 5.75 Å². The number of nitrogens with zero attached hydrogens (tertiary/aromatic N) is 1. The van der Waals surface area contributed by atoms with Gasteiger partial charge in [-0.15, -0.1) is 0 Å². The topological polar surface area (TPSA) is 104 Å². The van der Waals surface area contributed by atoms with Gasteiger partial charge in [0.15, 0.2) is 0 Å². The van der Waals surface area contributed by atoms with E-state index in [0.29, 0.717) is 28.8 Å². The Labute approximate surface area is 163 Å². The van der Waals surface area contributed by atoms with Crippen LogP contribution in [0.3, 0.4) is 0 Å². The van der Waals surface area contributed by atoms with Crippen LogP contribution >= 0.6 is 0 Å². The number of amides is 1. The summed E-state index contributed by atoms with van der Waals surface area (Å²) in [6.07, 6.45) is 3.79. The lowest BCUT2D eigenvalue weighted by atomic mass is 9.99. The lowest BCUT2D eigenvalue weighted by Crippen LogP contribution is -2.44. The maximum atomic E-state index is 12.8. The fraction of sp³-hybridized carbons (Fsp3) is 0.500. The van der Waals surface area contributed by atoms with Crippen LogP contribution in [-0.2, 0) is 9.53 Å². The third kappa shape index (κ3) is 4.28. The first-order valence-electron chi connectivity index (χ1n) is 9.50. The van der Waals surface area contributed by atoms with E-state index in [-0.39, 0.29) is 30.8 Å². The minimum atomic E-state index is -0.554. The number of aromatic nitrogens is 1. The molecule has 0 aliphatic carbocycles. The fourth-order valence-electron chi connectivity index (χ4n) is 3.80. The number of methoxy groups -OCH3 is 2. The molecule has 1 unspecified atom stereocenters. The molecular formula is C20H27N3O5. The summed E-state index contributed by atoms with van der Waals surface area (Å²) in [6, 6.07) is 5.54. The SMILES string of the molecule is COC(=O)c1[nH]c2cc(OC)ccc2c1NC(=O)CN1CCCCC1CCO. The third-order valence-corrected chi connectivity index (χ3v) is 5.22. The number of hydrogen-bond donors (Lipinski definition) is 3. The van der Waals surface area contributed by atoms with Gasteiger partial charge < -0.3 is 24.9 Å². The second-order valence-corrected chi connectivity index (χ2v) is 6.96. The average Bonchev–Trinajstić information content (AvgIpc) is 3.06. The number of aliphatic hydroxyl groups excluding tert-OH is 1. The number of carbonyl (C=O) groups excluding carboxylic acids is 2. The van der Waals surface area contributed by atoms with Crippen molar-refractivity contribution in [3.8, 4) is 5.75 Å². The van der Waals surface area contributed by atoms with E-state index in [1.165, 1.54) is 7.11 Å². The molecule has 1 fully saturated rings. The van der Waals surface area contributed by atoms with E-state index < -0.39 is 5.97 Å². The molecule has 1 amide bonds. The summed E-state index contributed by atoms with van der Waals surface area (Å²) in [5.41, 5.74) is 1.28. The van der Waals surface area contributed by atoms with Gasteiger partial charge in [0.1, 0.15) is 11.4 Å². The lowest BCUT2D eigenvalue weighted by Gasteiger charge is -2.34. The number of piperidine rings is 1. The summed E-state index contributed by atoms with van der Waals surface area (Å²) in [7, 11) is 2.86. The highest BCUT2D eigenvalue weighted by molar-refractivity contribution is 6.11. The summed E-state index contributed by atoms with van der Waals surface area (Å²) in [5, 5.41) is 12.9. The molecular weight excluding hydrogens is 362 g/mol. The van der Waals surface area contributed by atoms with Crippen LogP contribution in [0.2, 0.25) is 0 Å². The third-order valence-electron chi connectivity index (χ3n) is 5.22. The second-order valence-electron chi connectivity index (χ2n) is 6.96. The zero-order valence-corrected chi connectivity index (χ0v) is 16.3. The molecule has 1 aromatic carbocycles. The molecule has 0 bridgehead atoms. The fourth-order valence-corrected chi connectivity index (χ4v) is 3.80. The van der Waals surface area contributed by atoms with Crippen LogP contribution < -0.4 is 10.1 Å². The molecule has 1 saturated heterocycles. The van der Waals surface area contributed by atoms with Gasteiger partial charge in [-0.3, -0.25) is 9.69 Å². The molecule has 8 nitrogen and oxygen atoms in total. The summed E-state index contributed by atoms with van der Waals surface area (Å²) in [5.74, 6) is -0.114. The van der Waals surface area contributed by atoms with Crippen molar-refractivity contribution in [1.29, 1.82) is 0 Å². The lowest BCUT2D eigenvalue weighted by molar-refractivity contribution is -0.118. The van der Waals surface area contributed by atoms with Gasteiger partial charge in [-0.2, -0.15) is 0 Å². The van der Waals surface area contributed by atoms with Crippen molar-refractivity contribution in [3.05, 3.63) is 23.9 Å². The van der Waals surface area contributed by atoms with Gasteiger partial charge in [-0.25, -0.2) is 4.79 Å². The zero-order valence-electron chi connectivity index (χ0n) is 16.3. The van der Waals surface area contributed by atoms with Gasteiger partial charge in [-0.05, 0) is 37.9 Å². The summed E-state index contributed by atoms with van der Waals surface area (Å²) in [4.78, 5) is 30.1. The number of ether oxygens (including phenoxy) is 2. The first kappa shape index (κ1) is 20.2. The molecule has 1 aliphatic rings. The van der Waals surface area contributed by atoms with E-state index in [4.69, 9.17) is 9.47 Å². The van der Waals surface area contributed by atoms with E-state index in [1.54, 1.807) is 25.3 Å².